The maximum atomic E-state index is 12.2. The van der Waals surface area contributed by atoms with Gasteiger partial charge in [-0.05, 0) is 23.9 Å². The Balaban J connectivity index is 2.03. The van der Waals surface area contributed by atoms with Gasteiger partial charge in [-0.15, -0.1) is 0 Å². The summed E-state index contributed by atoms with van der Waals surface area (Å²) in [6.45, 7) is 0.572. The van der Waals surface area contributed by atoms with Gasteiger partial charge in [-0.1, -0.05) is 24.3 Å². The van der Waals surface area contributed by atoms with Gasteiger partial charge in [0.25, 0.3) is 0 Å². The highest BCUT2D eigenvalue weighted by Crippen LogP contribution is 2.13. The predicted molar refractivity (Wildman–Crippen MR) is 92.5 cm³/mol. The number of amides is 1. The number of nitrogens with one attached hydrogen (secondary N) is 1. The molecule has 1 fully saturated rings. The van der Waals surface area contributed by atoms with Crippen LogP contribution in [0.4, 0.5) is 0 Å². The van der Waals surface area contributed by atoms with E-state index in [0.29, 0.717) is 19.4 Å². The standard InChI is InChI=1S/C17H24BNO6/c1-22-17(21)14(19-16(20)15-5-4-10-25-15)11-12-6-8-13(9-7-12)18(23-2)24-3/h6-9,14-15H,4-5,10-11H2,1-3H3,(H,19,20)/t14-,15-/m1/s1. The van der Waals surface area contributed by atoms with Crippen LogP contribution in [0, 0.1) is 0 Å². The third kappa shape index (κ3) is 5.29. The first kappa shape index (κ1) is 19.4. The van der Waals surface area contributed by atoms with Crippen molar-refractivity contribution < 1.29 is 28.4 Å². The van der Waals surface area contributed by atoms with Crippen LogP contribution in [0.15, 0.2) is 24.3 Å². The molecule has 0 saturated carbocycles. The minimum atomic E-state index is -0.756. The average Bonchev–Trinajstić information content (AvgIpc) is 3.17. The summed E-state index contributed by atoms with van der Waals surface area (Å²) in [5, 5.41) is 2.73. The molecule has 7 nitrogen and oxygen atoms in total. The number of hydrogen-bond acceptors (Lipinski definition) is 6. The Bertz CT molecular complexity index is 569. The Labute approximate surface area is 148 Å². The van der Waals surface area contributed by atoms with Crippen LogP contribution in [-0.2, 0) is 34.8 Å². The predicted octanol–water partition coefficient (Wildman–Crippen LogP) is 0.0539. The van der Waals surface area contributed by atoms with E-state index in [-0.39, 0.29) is 5.91 Å². The quantitative estimate of drug-likeness (QED) is 0.528. The fourth-order valence-electron chi connectivity index (χ4n) is 2.80. The van der Waals surface area contributed by atoms with Crippen LogP contribution in [-0.4, -0.2) is 59.1 Å². The summed E-state index contributed by atoms with van der Waals surface area (Å²) in [6, 6.07) is 6.71. The lowest BCUT2D eigenvalue weighted by atomic mass is 9.78. The van der Waals surface area contributed by atoms with Gasteiger partial charge in [0.05, 0.1) is 7.11 Å². The molecule has 0 aromatic heterocycles. The molecule has 0 radical (unpaired) electrons. The van der Waals surface area contributed by atoms with Gasteiger partial charge in [-0.2, -0.15) is 0 Å². The molecule has 1 aromatic rings. The van der Waals surface area contributed by atoms with Gasteiger partial charge in [-0.25, -0.2) is 4.79 Å². The van der Waals surface area contributed by atoms with E-state index in [4.69, 9.17) is 18.8 Å². The molecule has 136 valence electrons. The second kappa shape index (κ2) is 9.55. The minimum absolute atomic E-state index is 0.275. The Hall–Kier alpha value is -1.90. The molecule has 1 aliphatic rings. The Morgan fingerprint density at radius 3 is 2.44 bits per heavy atom. The van der Waals surface area contributed by atoms with Crippen LogP contribution in [0.3, 0.4) is 0 Å². The summed E-state index contributed by atoms with van der Waals surface area (Å²) in [4.78, 5) is 24.2. The highest BCUT2D eigenvalue weighted by atomic mass is 16.6. The van der Waals surface area contributed by atoms with Gasteiger partial charge in [0, 0.05) is 27.2 Å². The Morgan fingerprint density at radius 1 is 1.24 bits per heavy atom. The van der Waals surface area contributed by atoms with Crippen molar-refractivity contribution >= 4 is 24.5 Å². The zero-order valence-electron chi connectivity index (χ0n) is 14.8. The molecule has 0 aliphatic carbocycles. The van der Waals surface area contributed by atoms with Crippen LogP contribution in [0.1, 0.15) is 18.4 Å². The molecular weight excluding hydrogens is 325 g/mol. The number of benzene rings is 1. The van der Waals surface area contributed by atoms with E-state index in [2.05, 4.69) is 5.32 Å². The van der Waals surface area contributed by atoms with E-state index in [1.54, 1.807) is 14.2 Å². The van der Waals surface area contributed by atoms with Crippen molar-refractivity contribution in [2.75, 3.05) is 27.9 Å². The van der Waals surface area contributed by atoms with Crippen LogP contribution in [0.5, 0.6) is 0 Å². The monoisotopic (exact) mass is 349 g/mol. The van der Waals surface area contributed by atoms with Gasteiger partial charge in [0.1, 0.15) is 12.1 Å². The lowest BCUT2D eigenvalue weighted by Gasteiger charge is -2.19. The Kier molecular flexibility index (Phi) is 7.42. The van der Waals surface area contributed by atoms with Crippen LogP contribution >= 0.6 is 0 Å². The maximum absolute atomic E-state index is 12.2. The largest absolute Gasteiger partial charge is 0.493 e. The van der Waals surface area contributed by atoms with E-state index in [1.807, 2.05) is 24.3 Å². The van der Waals surface area contributed by atoms with Crippen molar-refractivity contribution in [1.29, 1.82) is 0 Å². The molecule has 1 N–H and O–H groups in total. The van der Waals surface area contributed by atoms with E-state index < -0.39 is 25.2 Å². The van der Waals surface area contributed by atoms with E-state index in [0.717, 1.165) is 17.4 Å². The summed E-state index contributed by atoms with van der Waals surface area (Å²) < 4.78 is 20.6. The van der Waals surface area contributed by atoms with Crippen molar-refractivity contribution in [3.63, 3.8) is 0 Å². The summed E-state index contributed by atoms with van der Waals surface area (Å²) in [6.07, 6.45) is 1.36. The number of hydrogen-bond donors (Lipinski definition) is 1. The molecule has 0 unspecified atom stereocenters. The number of carbonyl (C=O) groups is 2. The average molecular weight is 349 g/mol. The second-order valence-corrected chi connectivity index (χ2v) is 5.84. The van der Waals surface area contributed by atoms with Crippen molar-refractivity contribution in [3.05, 3.63) is 29.8 Å². The first-order valence-corrected chi connectivity index (χ1v) is 8.23. The Morgan fingerprint density at radius 2 is 1.92 bits per heavy atom. The lowest BCUT2D eigenvalue weighted by molar-refractivity contribution is -0.146. The fraction of sp³-hybridized carbons (Fsp3) is 0.529. The molecule has 0 bridgehead atoms. The number of methoxy groups -OCH3 is 1. The van der Waals surface area contributed by atoms with E-state index >= 15 is 0 Å². The molecule has 0 spiro atoms. The van der Waals surface area contributed by atoms with Gasteiger partial charge in [-0.3, -0.25) is 4.79 Å². The maximum Gasteiger partial charge on any atom is 0.493 e. The van der Waals surface area contributed by atoms with Gasteiger partial charge in [0.2, 0.25) is 5.91 Å². The van der Waals surface area contributed by atoms with Gasteiger partial charge >= 0.3 is 13.1 Å². The highest BCUT2D eigenvalue weighted by Gasteiger charge is 2.29. The zero-order valence-corrected chi connectivity index (χ0v) is 14.8. The molecule has 1 amide bonds. The number of carbonyl (C=O) groups excluding carboxylic acids is 2. The van der Waals surface area contributed by atoms with Crippen molar-refractivity contribution in [2.45, 2.75) is 31.4 Å². The highest BCUT2D eigenvalue weighted by molar-refractivity contribution is 6.61. The zero-order chi connectivity index (χ0) is 18.2. The third-order valence-electron chi connectivity index (χ3n) is 4.14. The molecule has 2 atom stereocenters. The number of rotatable bonds is 8. The van der Waals surface area contributed by atoms with E-state index in [1.165, 1.54) is 7.11 Å². The molecular formula is C17H24BNO6. The van der Waals surface area contributed by atoms with Gasteiger partial charge < -0.3 is 24.1 Å². The van der Waals surface area contributed by atoms with Crippen molar-refractivity contribution in [1.82, 2.24) is 5.32 Å². The molecule has 8 heteroatoms. The second-order valence-electron chi connectivity index (χ2n) is 5.84. The van der Waals surface area contributed by atoms with Gasteiger partial charge in [0.15, 0.2) is 0 Å². The summed E-state index contributed by atoms with van der Waals surface area (Å²) >= 11 is 0. The molecule has 1 saturated heterocycles. The van der Waals surface area contributed by atoms with Crippen molar-refractivity contribution in [3.8, 4) is 0 Å². The molecule has 1 aliphatic heterocycles. The minimum Gasteiger partial charge on any atom is -0.467 e. The van der Waals surface area contributed by atoms with Crippen LogP contribution < -0.4 is 10.8 Å². The lowest BCUT2D eigenvalue weighted by Crippen LogP contribution is -2.47. The van der Waals surface area contributed by atoms with Crippen LogP contribution in [0.2, 0.25) is 0 Å². The normalized spacial score (nSPS) is 17.8. The molecule has 2 rings (SSSR count). The number of ether oxygens (including phenoxy) is 2. The van der Waals surface area contributed by atoms with E-state index in [9.17, 15) is 9.59 Å². The smallest absolute Gasteiger partial charge is 0.467 e. The summed E-state index contributed by atoms with van der Waals surface area (Å²) in [5.41, 5.74) is 1.75. The topological polar surface area (TPSA) is 83.1 Å². The summed E-state index contributed by atoms with van der Waals surface area (Å²) in [7, 11) is 3.99. The molecule has 25 heavy (non-hydrogen) atoms. The number of esters is 1. The first-order valence-electron chi connectivity index (χ1n) is 8.23. The fourth-order valence-corrected chi connectivity index (χ4v) is 2.80. The van der Waals surface area contributed by atoms with Crippen LogP contribution in [0.25, 0.3) is 0 Å². The third-order valence-corrected chi connectivity index (χ3v) is 4.14. The summed E-state index contributed by atoms with van der Waals surface area (Å²) in [5.74, 6) is -0.759. The molecule has 1 heterocycles. The molecule has 1 aromatic carbocycles. The SMILES string of the molecule is COB(OC)c1ccc(C[C@@H](NC(=O)[C@H]2CCCO2)C(=O)OC)cc1. The first-order chi connectivity index (χ1) is 12.1. The van der Waals surface area contributed by atoms with Crippen molar-refractivity contribution in [2.24, 2.45) is 0 Å².